The quantitative estimate of drug-likeness (QED) is 0.842. The Labute approximate surface area is 113 Å². The van der Waals surface area contributed by atoms with Crippen LogP contribution in [0.5, 0.6) is 0 Å². The molecule has 1 atom stereocenters. The van der Waals surface area contributed by atoms with Crippen molar-refractivity contribution < 1.29 is 13.2 Å². The van der Waals surface area contributed by atoms with Gasteiger partial charge in [0.1, 0.15) is 0 Å². The molecule has 0 spiro atoms. The summed E-state index contributed by atoms with van der Waals surface area (Å²) in [5, 5.41) is 2.82. The zero-order chi connectivity index (χ0) is 14.1. The summed E-state index contributed by atoms with van der Waals surface area (Å²) in [6.07, 6.45) is 0.456. The Morgan fingerprint density at radius 3 is 2.79 bits per heavy atom. The zero-order valence-corrected chi connectivity index (χ0v) is 11.7. The molecule has 0 radical (unpaired) electrons. The number of carbonyl (C=O) groups is 1. The SMILES string of the molecule is CC1(NC(=O)c2cccc(CN)c2)CCS(=O)(=O)C1. The summed E-state index contributed by atoms with van der Waals surface area (Å²) in [7, 11) is -3.03. The monoisotopic (exact) mass is 282 g/mol. The molecule has 2 rings (SSSR count). The standard InChI is InChI=1S/C13H18N2O3S/c1-13(5-6-19(17,18)9-13)15-12(16)11-4-2-3-10(7-11)8-14/h2-4,7H,5-6,8-9,14H2,1H3,(H,15,16). The molecule has 3 N–H and O–H groups in total. The second-order valence-corrected chi connectivity index (χ2v) is 7.45. The van der Waals surface area contributed by atoms with E-state index < -0.39 is 15.4 Å². The van der Waals surface area contributed by atoms with Gasteiger partial charge in [0.15, 0.2) is 9.84 Å². The number of hydrogen-bond acceptors (Lipinski definition) is 4. The van der Waals surface area contributed by atoms with Crippen molar-refractivity contribution in [2.75, 3.05) is 11.5 Å². The first-order chi connectivity index (χ1) is 8.84. The number of nitrogens with one attached hydrogen (secondary N) is 1. The van der Waals surface area contributed by atoms with Crippen LogP contribution in [0.25, 0.3) is 0 Å². The van der Waals surface area contributed by atoms with Crippen LogP contribution in [-0.2, 0) is 16.4 Å². The van der Waals surface area contributed by atoms with Crippen molar-refractivity contribution in [3.8, 4) is 0 Å². The Kier molecular flexibility index (Phi) is 3.64. The normalized spacial score (nSPS) is 25.2. The molecule has 5 nitrogen and oxygen atoms in total. The molecule has 1 heterocycles. The Morgan fingerprint density at radius 2 is 2.21 bits per heavy atom. The Hall–Kier alpha value is -1.40. The van der Waals surface area contributed by atoms with Gasteiger partial charge in [-0.15, -0.1) is 0 Å². The van der Waals surface area contributed by atoms with Crippen molar-refractivity contribution in [3.05, 3.63) is 35.4 Å². The van der Waals surface area contributed by atoms with Crippen LogP contribution in [-0.4, -0.2) is 31.4 Å². The smallest absolute Gasteiger partial charge is 0.251 e. The fourth-order valence-electron chi connectivity index (χ4n) is 2.29. The third kappa shape index (κ3) is 3.33. The van der Waals surface area contributed by atoms with Crippen LogP contribution in [0.3, 0.4) is 0 Å². The van der Waals surface area contributed by atoms with Crippen molar-refractivity contribution in [2.24, 2.45) is 5.73 Å². The van der Waals surface area contributed by atoms with E-state index in [9.17, 15) is 13.2 Å². The van der Waals surface area contributed by atoms with E-state index in [1.165, 1.54) is 0 Å². The van der Waals surface area contributed by atoms with Crippen LogP contribution in [0.1, 0.15) is 29.3 Å². The first kappa shape index (κ1) is 14.0. The first-order valence-electron chi connectivity index (χ1n) is 6.16. The van der Waals surface area contributed by atoms with Gasteiger partial charge in [0.2, 0.25) is 0 Å². The molecule has 0 aromatic heterocycles. The number of carbonyl (C=O) groups excluding carboxylic acids is 1. The predicted octanol–water partition coefficient (Wildman–Crippen LogP) is 0.452. The molecular formula is C13H18N2O3S. The molecule has 0 aliphatic carbocycles. The average molecular weight is 282 g/mol. The third-order valence-corrected chi connectivity index (χ3v) is 5.25. The van der Waals surface area contributed by atoms with Gasteiger partial charge in [0, 0.05) is 12.1 Å². The lowest BCUT2D eigenvalue weighted by atomic mass is 10.0. The van der Waals surface area contributed by atoms with E-state index in [0.29, 0.717) is 18.5 Å². The maximum absolute atomic E-state index is 12.1. The summed E-state index contributed by atoms with van der Waals surface area (Å²) < 4.78 is 23.0. The van der Waals surface area contributed by atoms with Crippen molar-refractivity contribution in [1.29, 1.82) is 0 Å². The molecular weight excluding hydrogens is 264 g/mol. The number of benzene rings is 1. The second kappa shape index (κ2) is 4.94. The molecule has 1 amide bonds. The molecule has 6 heteroatoms. The van der Waals surface area contributed by atoms with Crippen LogP contribution < -0.4 is 11.1 Å². The first-order valence-corrected chi connectivity index (χ1v) is 7.98. The number of hydrogen-bond donors (Lipinski definition) is 2. The van der Waals surface area contributed by atoms with Gasteiger partial charge in [-0.1, -0.05) is 12.1 Å². The minimum Gasteiger partial charge on any atom is -0.346 e. The van der Waals surface area contributed by atoms with E-state index in [1.54, 1.807) is 25.1 Å². The largest absolute Gasteiger partial charge is 0.346 e. The summed E-state index contributed by atoms with van der Waals surface area (Å²) in [6, 6.07) is 7.03. The van der Waals surface area contributed by atoms with Crippen LogP contribution in [0.15, 0.2) is 24.3 Å². The summed E-state index contributed by atoms with van der Waals surface area (Å²) in [5.74, 6) is -0.121. The van der Waals surface area contributed by atoms with E-state index in [1.807, 2.05) is 6.07 Å². The number of sulfone groups is 1. The summed E-state index contributed by atoms with van der Waals surface area (Å²) in [5.41, 5.74) is 6.24. The van der Waals surface area contributed by atoms with E-state index in [2.05, 4.69) is 5.32 Å². The lowest BCUT2D eigenvalue weighted by Gasteiger charge is -2.24. The van der Waals surface area contributed by atoms with Gasteiger partial charge in [-0.2, -0.15) is 0 Å². The summed E-state index contributed by atoms with van der Waals surface area (Å²) in [4.78, 5) is 12.1. The minimum atomic E-state index is -3.03. The number of amides is 1. The van der Waals surface area contributed by atoms with Gasteiger partial charge in [-0.3, -0.25) is 4.79 Å². The minimum absolute atomic E-state index is 0.00230. The van der Waals surface area contributed by atoms with Crippen LogP contribution in [0, 0.1) is 0 Å². The van der Waals surface area contributed by atoms with Crippen LogP contribution in [0.4, 0.5) is 0 Å². The second-order valence-electron chi connectivity index (χ2n) is 5.26. The van der Waals surface area contributed by atoms with Gasteiger partial charge in [-0.25, -0.2) is 8.42 Å². The molecule has 1 saturated heterocycles. The van der Waals surface area contributed by atoms with E-state index in [0.717, 1.165) is 5.56 Å². The van der Waals surface area contributed by atoms with E-state index in [-0.39, 0.29) is 17.4 Å². The van der Waals surface area contributed by atoms with Crippen LogP contribution >= 0.6 is 0 Å². The Balaban J connectivity index is 2.13. The molecule has 1 unspecified atom stereocenters. The Bertz CT molecular complexity index is 598. The molecule has 0 saturated carbocycles. The molecule has 1 aliphatic rings. The molecule has 1 fully saturated rings. The van der Waals surface area contributed by atoms with Crippen molar-refractivity contribution >= 4 is 15.7 Å². The van der Waals surface area contributed by atoms with E-state index in [4.69, 9.17) is 5.73 Å². The summed E-state index contributed by atoms with van der Waals surface area (Å²) >= 11 is 0. The summed E-state index contributed by atoms with van der Waals surface area (Å²) in [6.45, 7) is 2.13. The van der Waals surface area contributed by atoms with Crippen molar-refractivity contribution in [3.63, 3.8) is 0 Å². The molecule has 19 heavy (non-hydrogen) atoms. The van der Waals surface area contributed by atoms with Crippen molar-refractivity contribution in [1.82, 2.24) is 5.32 Å². The molecule has 1 aromatic carbocycles. The molecule has 1 aromatic rings. The van der Waals surface area contributed by atoms with Gasteiger partial charge in [0.05, 0.1) is 17.0 Å². The van der Waals surface area contributed by atoms with Crippen LogP contribution in [0.2, 0.25) is 0 Å². The molecule has 104 valence electrons. The highest BCUT2D eigenvalue weighted by atomic mass is 32.2. The van der Waals surface area contributed by atoms with Gasteiger partial charge in [0.25, 0.3) is 5.91 Å². The number of rotatable bonds is 3. The zero-order valence-electron chi connectivity index (χ0n) is 10.8. The maximum Gasteiger partial charge on any atom is 0.251 e. The average Bonchev–Trinajstić information content (AvgIpc) is 2.63. The fourth-order valence-corrected chi connectivity index (χ4v) is 4.39. The highest BCUT2D eigenvalue weighted by Crippen LogP contribution is 2.23. The highest BCUT2D eigenvalue weighted by molar-refractivity contribution is 7.91. The van der Waals surface area contributed by atoms with Gasteiger partial charge in [-0.05, 0) is 31.0 Å². The lowest BCUT2D eigenvalue weighted by Crippen LogP contribution is -2.46. The van der Waals surface area contributed by atoms with E-state index >= 15 is 0 Å². The predicted molar refractivity (Wildman–Crippen MR) is 73.5 cm³/mol. The van der Waals surface area contributed by atoms with Gasteiger partial charge >= 0.3 is 0 Å². The van der Waals surface area contributed by atoms with Gasteiger partial charge < -0.3 is 11.1 Å². The van der Waals surface area contributed by atoms with Crippen molar-refractivity contribution in [2.45, 2.75) is 25.4 Å². The third-order valence-electron chi connectivity index (χ3n) is 3.34. The maximum atomic E-state index is 12.1. The topological polar surface area (TPSA) is 89.3 Å². The number of nitrogens with two attached hydrogens (primary N) is 1. The fraction of sp³-hybridized carbons (Fsp3) is 0.462. The highest BCUT2D eigenvalue weighted by Gasteiger charge is 2.39. The molecule has 0 bridgehead atoms. The lowest BCUT2D eigenvalue weighted by molar-refractivity contribution is 0.0915. The molecule has 1 aliphatic heterocycles. The Morgan fingerprint density at radius 1 is 1.47 bits per heavy atom.